The van der Waals surface area contributed by atoms with E-state index in [-0.39, 0.29) is 87.8 Å². The third-order valence-corrected chi connectivity index (χ3v) is 22.0. The molecule has 666 valence electrons. The molecule has 3 unspecified atom stereocenters. The first-order chi connectivity index (χ1) is 58.3. The van der Waals surface area contributed by atoms with E-state index < -0.39 is 150 Å². The van der Waals surface area contributed by atoms with E-state index >= 15 is 0 Å². The van der Waals surface area contributed by atoms with Crippen LogP contribution >= 0.6 is 0 Å². The van der Waals surface area contributed by atoms with Crippen LogP contribution in [-0.4, -0.2) is 224 Å². The Morgan fingerprint density at radius 3 is 1.34 bits per heavy atom. The molecule has 0 radical (unpaired) electrons. The van der Waals surface area contributed by atoms with Gasteiger partial charge >= 0.3 is 11.9 Å². The number of hydrogen-bond acceptors (Lipinski definition) is 22. The highest BCUT2D eigenvalue weighted by Crippen LogP contribution is 2.35. The molecule has 4 aromatic carbocycles. The Hall–Kier alpha value is -10.7. The lowest BCUT2D eigenvalue weighted by Crippen LogP contribution is -2.58. The lowest BCUT2D eigenvalue weighted by atomic mass is 9.83. The Morgan fingerprint density at radius 1 is 0.516 bits per heavy atom. The molecular formula is C90H124N10O22. The lowest BCUT2D eigenvalue weighted by molar-refractivity contribution is -0.159. The van der Waals surface area contributed by atoms with Gasteiger partial charge in [0.15, 0.2) is 18.2 Å². The van der Waals surface area contributed by atoms with Gasteiger partial charge in [-0.25, -0.2) is 9.59 Å². The predicted octanol–water partition coefficient (Wildman–Crippen LogP) is 6.27. The van der Waals surface area contributed by atoms with Crippen molar-refractivity contribution in [1.82, 2.24) is 52.3 Å². The van der Waals surface area contributed by atoms with Crippen molar-refractivity contribution >= 4 is 76.8 Å². The normalized spacial score (nSPS) is 21.5. The number of aliphatic hydroxyl groups excluding tert-OH is 1. The zero-order valence-electron chi connectivity index (χ0n) is 72.0. The second-order valence-electron chi connectivity index (χ2n) is 34.0. The third kappa shape index (κ3) is 28.7. The molecule has 2 saturated carbocycles. The van der Waals surface area contributed by atoms with Gasteiger partial charge in [0.1, 0.15) is 58.4 Å². The summed E-state index contributed by atoms with van der Waals surface area (Å²) in [6.45, 7) is 14.1. The van der Waals surface area contributed by atoms with E-state index in [2.05, 4.69) is 42.5 Å². The first-order valence-electron chi connectivity index (χ1n) is 42.9. The Kier molecular flexibility index (Phi) is 35.8. The molecule has 6 aliphatic rings. The highest BCUT2D eigenvalue weighted by Gasteiger charge is 2.48. The molecule has 0 spiro atoms. The van der Waals surface area contributed by atoms with Crippen LogP contribution in [0.4, 0.5) is 0 Å². The maximum Gasteiger partial charge on any atom is 0.333 e. The number of nitrogens with one attached hydrogen (secondary N) is 8. The van der Waals surface area contributed by atoms with Gasteiger partial charge in [-0.05, 0) is 138 Å². The minimum Gasteiger partial charge on any atom is -0.497 e. The van der Waals surface area contributed by atoms with E-state index in [0.29, 0.717) is 90.8 Å². The van der Waals surface area contributed by atoms with E-state index in [4.69, 9.17) is 37.9 Å². The number of rotatable bonds is 26. The van der Waals surface area contributed by atoms with Crippen LogP contribution in [0, 0.1) is 11.8 Å². The smallest absolute Gasteiger partial charge is 0.333 e. The second kappa shape index (κ2) is 46.0. The highest BCUT2D eigenvalue weighted by atomic mass is 16.6. The zero-order valence-corrected chi connectivity index (χ0v) is 72.0. The molecule has 10 amide bonds. The number of ketones is 1. The largest absolute Gasteiger partial charge is 0.497 e. The number of Topliss-reactive ketones (excluding diaryl/α,β-unsaturated/α-hetero) is 1. The van der Waals surface area contributed by atoms with Crippen LogP contribution in [0.1, 0.15) is 205 Å². The summed E-state index contributed by atoms with van der Waals surface area (Å²) in [6.07, 6.45) is 8.30. The first kappa shape index (κ1) is 95.1. The number of ether oxygens (including phenoxy) is 8. The van der Waals surface area contributed by atoms with Crippen molar-refractivity contribution in [2.24, 2.45) is 11.8 Å². The minimum atomic E-state index is -1.76. The predicted molar refractivity (Wildman–Crippen MR) is 447 cm³/mol. The number of fused-ring (bicyclic) bond motifs is 8. The Morgan fingerprint density at radius 2 is 0.934 bits per heavy atom. The number of carbonyl (C=O) groups is 13. The van der Waals surface area contributed by atoms with Crippen molar-refractivity contribution in [1.29, 1.82) is 0 Å². The van der Waals surface area contributed by atoms with Gasteiger partial charge in [-0.2, -0.15) is 0 Å². The molecule has 2 saturated heterocycles. The van der Waals surface area contributed by atoms with Gasteiger partial charge in [0.05, 0.1) is 90.9 Å². The van der Waals surface area contributed by atoms with Crippen molar-refractivity contribution in [3.8, 4) is 23.0 Å². The number of hydrogen-bond donors (Lipinski definition) is 9. The zero-order chi connectivity index (χ0) is 88.2. The summed E-state index contributed by atoms with van der Waals surface area (Å²) < 4.78 is 46.3. The quantitative estimate of drug-likeness (QED) is 0.0247. The van der Waals surface area contributed by atoms with Crippen LogP contribution in [0.15, 0.2) is 97.1 Å². The van der Waals surface area contributed by atoms with E-state index in [0.717, 1.165) is 64.2 Å². The van der Waals surface area contributed by atoms with Crippen molar-refractivity contribution in [3.05, 3.63) is 119 Å². The third-order valence-electron chi connectivity index (χ3n) is 22.0. The van der Waals surface area contributed by atoms with Crippen LogP contribution in [-0.2, 0) is 94.1 Å². The second-order valence-corrected chi connectivity index (χ2v) is 34.0. The topological polar surface area (TPSA) is 419 Å². The van der Waals surface area contributed by atoms with Crippen LogP contribution in [0.3, 0.4) is 0 Å². The molecule has 32 heteroatoms. The van der Waals surface area contributed by atoms with Gasteiger partial charge in [0, 0.05) is 50.9 Å². The van der Waals surface area contributed by atoms with Crippen LogP contribution in [0.5, 0.6) is 23.0 Å². The van der Waals surface area contributed by atoms with E-state index in [9.17, 15) is 67.4 Å². The fraction of sp³-hybridized carbons (Fsp3) is 0.589. The van der Waals surface area contributed by atoms with Crippen LogP contribution in [0.25, 0.3) is 0 Å². The maximum atomic E-state index is 14.7. The maximum absolute atomic E-state index is 14.7. The number of amides is 10. The molecule has 4 aromatic rings. The summed E-state index contributed by atoms with van der Waals surface area (Å²) in [5.41, 5.74) is 0.606. The molecule has 0 aromatic heterocycles. The van der Waals surface area contributed by atoms with Gasteiger partial charge in [-0.3, -0.25) is 52.7 Å². The minimum absolute atomic E-state index is 0.0165. The lowest BCUT2D eigenvalue weighted by Gasteiger charge is -2.35. The summed E-state index contributed by atoms with van der Waals surface area (Å²) in [5.74, 6) is -6.68. The Labute approximate surface area is 713 Å². The number of benzene rings is 4. The molecule has 8 bridgehead atoms. The highest BCUT2D eigenvalue weighted by molar-refractivity contribution is 6.38. The fourth-order valence-corrected chi connectivity index (χ4v) is 16.1. The SMILES string of the molecule is CCCC(NC(=O)[C@@H]1C[C@@H]2CN1C(=O)[C@H](C1CCCCC1)NC(=O)Cc1cc(OC)cc(c1)OCCCO2)C(=O)C(=O)NCC(=O)N[C@H](C(=O)OC(C)(C)C)c1ccccc1.CCCC(NC(=O)[C@@H]1C[C@@H]2CN1C(=O)[C@H](C1CCCCC1)NC(=O)Cc1cc(OC)cc(c1)OCCCO2)C(O)C(=O)NCC(=O)N[C@H](C(=O)OC(C)(C)C)c1ccccc1. The average Bonchev–Trinajstić information content (AvgIpc) is 1.64. The number of nitrogens with zero attached hydrogens (tertiary/aromatic N) is 2. The molecule has 122 heavy (non-hydrogen) atoms. The number of methoxy groups -OCH3 is 2. The average molecular weight is 1700 g/mol. The number of esters is 2. The monoisotopic (exact) mass is 1700 g/mol. The molecule has 10 rings (SSSR count). The molecular weight excluding hydrogens is 1570 g/mol. The summed E-state index contributed by atoms with van der Waals surface area (Å²) in [4.78, 5) is 180. The Balaban J connectivity index is 0.000000277. The molecule has 32 nitrogen and oxygen atoms in total. The van der Waals surface area contributed by atoms with Gasteiger partial charge in [-0.15, -0.1) is 0 Å². The first-order valence-corrected chi connectivity index (χ1v) is 42.9. The van der Waals surface area contributed by atoms with Crippen molar-refractivity contribution < 1.29 is 105 Å². The number of aliphatic hydroxyl groups is 1. The molecule has 9 N–H and O–H groups in total. The van der Waals surface area contributed by atoms with Gasteiger partial charge in [0.25, 0.3) is 11.8 Å². The van der Waals surface area contributed by atoms with E-state index in [1.165, 1.54) is 24.0 Å². The fourth-order valence-electron chi connectivity index (χ4n) is 16.1. The summed E-state index contributed by atoms with van der Waals surface area (Å²) >= 11 is 0. The molecule has 4 fully saturated rings. The summed E-state index contributed by atoms with van der Waals surface area (Å²) in [6, 6.07) is 19.0. The molecule has 4 heterocycles. The van der Waals surface area contributed by atoms with Gasteiger partial charge in [0.2, 0.25) is 53.0 Å². The molecule has 2 aliphatic carbocycles. The molecule has 4 aliphatic heterocycles. The van der Waals surface area contributed by atoms with Crippen molar-refractivity contribution in [2.45, 2.75) is 262 Å². The van der Waals surface area contributed by atoms with Gasteiger partial charge < -0.3 is 95.3 Å². The summed E-state index contributed by atoms with van der Waals surface area (Å²) in [7, 11) is 3.07. The number of carbonyl (C=O) groups excluding carboxylic acids is 13. The van der Waals surface area contributed by atoms with Crippen LogP contribution < -0.4 is 61.5 Å². The van der Waals surface area contributed by atoms with E-state index in [1.54, 1.807) is 146 Å². The Bertz CT molecular complexity index is 4240. The van der Waals surface area contributed by atoms with Gasteiger partial charge in [-0.1, -0.05) is 126 Å². The van der Waals surface area contributed by atoms with E-state index in [1.807, 2.05) is 6.92 Å². The van der Waals surface area contributed by atoms with Crippen molar-refractivity contribution in [3.63, 3.8) is 0 Å². The molecule has 11 atom stereocenters. The summed E-state index contributed by atoms with van der Waals surface area (Å²) in [5, 5.41) is 32.8. The van der Waals surface area contributed by atoms with Crippen LogP contribution in [0.2, 0.25) is 0 Å². The van der Waals surface area contributed by atoms with Crippen molar-refractivity contribution in [2.75, 3.05) is 66.8 Å². The standard InChI is InChI=1S/C45H63N5O11.C45H61N5O11/c2*1-6-14-34(40(53)42(55)46-26-37(52)49-39(30-17-11-8-12-18-30)44(57)61-45(2,3)4)47-41(54)35-25-33-27-50(35)43(56)38(29-15-9-7-10-16-29)48-36(51)23-28-21-31(58-5)24-32(22-28)59-19-13-20-60-33/h8,11-12,17-18,21-22,24,29,33-35,38-40,53H,6-7,9-10,13-16,19-20,23,25-27H2,1-5H3,(H,46,55)(H,47,54)(H,48,51)(H,49,52);8,11-12,17-18,21-22,24,29,33-35,38-39H,6-7,9-10,13-16,19-20,23,25-27H2,1-5H3,(H,46,55)(H,47,54)(H,48,51)(H,49,52)/t33-,34?,35+,38+,39+,40?;33-,34?,35+,38+,39+/m11/s1.